The van der Waals surface area contributed by atoms with Crippen LogP contribution >= 0.6 is 0 Å². The molecular formula is C11H14N2O2. The SMILES string of the molecule is C=C(CC)C(=Cn1ccnc1C)C(=O)O. The second-order valence-electron chi connectivity index (χ2n) is 3.19. The summed E-state index contributed by atoms with van der Waals surface area (Å²) in [6.45, 7) is 7.41. The fourth-order valence-electron chi connectivity index (χ4n) is 1.15. The van der Waals surface area contributed by atoms with Gasteiger partial charge in [0, 0.05) is 18.6 Å². The highest BCUT2D eigenvalue weighted by Gasteiger charge is 2.10. The van der Waals surface area contributed by atoms with Crippen molar-refractivity contribution < 1.29 is 9.90 Å². The molecular weight excluding hydrogens is 192 g/mol. The first kappa shape index (κ1) is 11.2. The lowest BCUT2D eigenvalue weighted by atomic mass is 10.1. The summed E-state index contributed by atoms with van der Waals surface area (Å²) < 4.78 is 1.67. The van der Waals surface area contributed by atoms with E-state index in [4.69, 9.17) is 5.11 Å². The van der Waals surface area contributed by atoms with E-state index in [0.29, 0.717) is 12.0 Å². The zero-order valence-electron chi connectivity index (χ0n) is 8.90. The number of aryl methyl sites for hydroxylation is 1. The molecule has 80 valence electrons. The lowest BCUT2D eigenvalue weighted by Gasteiger charge is -2.04. The molecule has 0 radical (unpaired) electrons. The highest BCUT2D eigenvalue weighted by atomic mass is 16.4. The maximum atomic E-state index is 11.0. The van der Waals surface area contributed by atoms with Crippen LogP contribution in [0.5, 0.6) is 0 Å². The first-order chi connectivity index (χ1) is 7.06. The Labute approximate surface area is 88.6 Å². The predicted molar refractivity (Wildman–Crippen MR) is 58.3 cm³/mol. The first-order valence-corrected chi connectivity index (χ1v) is 4.69. The van der Waals surface area contributed by atoms with E-state index in [1.54, 1.807) is 17.0 Å². The summed E-state index contributed by atoms with van der Waals surface area (Å²) in [5, 5.41) is 9.00. The molecule has 0 bridgehead atoms. The van der Waals surface area contributed by atoms with Crippen molar-refractivity contribution >= 4 is 12.2 Å². The predicted octanol–water partition coefficient (Wildman–Crippen LogP) is 2.08. The van der Waals surface area contributed by atoms with Gasteiger partial charge in [0.25, 0.3) is 0 Å². The fourth-order valence-corrected chi connectivity index (χ4v) is 1.15. The van der Waals surface area contributed by atoms with E-state index in [9.17, 15) is 4.79 Å². The average Bonchev–Trinajstić information content (AvgIpc) is 2.59. The van der Waals surface area contributed by atoms with Gasteiger partial charge in [-0.2, -0.15) is 0 Å². The highest BCUT2D eigenvalue weighted by molar-refractivity contribution is 5.95. The zero-order chi connectivity index (χ0) is 11.4. The molecule has 1 aromatic rings. The monoisotopic (exact) mass is 206 g/mol. The summed E-state index contributed by atoms with van der Waals surface area (Å²) >= 11 is 0. The van der Waals surface area contributed by atoms with Crippen molar-refractivity contribution in [2.45, 2.75) is 20.3 Å². The molecule has 0 fully saturated rings. The van der Waals surface area contributed by atoms with Crippen LogP contribution in [0.25, 0.3) is 6.20 Å². The van der Waals surface area contributed by atoms with Crippen molar-refractivity contribution in [3.8, 4) is 0 Å². The summed E-state index contributed by atoms with van der Waals surface area (Å²) in [7, 11) is 0. The molecule has 0 aliphatic rings. The van der Waals surface area contributed by atoms with E-state index >= 15 is 0 Å². The van der Waals surface area contributed by atoms with Gasteiger partial charge in [-0.05, 0) is 18.9 Å². The Bertz CT molecular complexity index is 416. The molecule has 0 aliphatic carbocycles. The van der Waals surface area contributed by atoms with E-state index < -0.39 is 5.97 Å². The van der Waals surface area contributed by atoms with Gasteiger partial charge in [0.1, 0.15) is 5.82 Å². The number of carboxylic acids is 1. The number of carboxylic acid groups (broad SMARTS) is 1. The van der Waals surface area contributed by atoms with E-state index in [0.717, 1.165) is 5.82 Å². The molecule has 1 rings (SSSR count). The van der Waals surface area contributed by atoms with Crippen LogP contribution in [0.3, 0.4) is 0 Å². The van der Waals surface area contributed by atoms with Gasteiger partial charge in [0.05, 0.1) is 5.57 Å². The Morgan fingerprint density at radius 3 is 2.80 bits per heavy atom. The molecule has 0 atom stereocenters. The van der Waals surface area contributed by atoms with Crippen molar-refractivity contribution in [2.24, 2.45) is 0 Å². The summed E-state index contributed by atoms with van der Waals surface area (Å²) in [5.74, 6) is -0.215. The van der Waals surface area contributed by atoms with Gasteiger partial charge in [-0.3, -0.25) is 0 Å². The van der Waals surface area contributed by atoms with Crippen LogP contribution in [0, 0.1) is 6.92 Å². The Hall–Kier alpha value is -1.84. The van der Waals surface area contributed by atoms with Gasteiger partial charge in [-0.25, -0.2) is 9.78 Å². The first-order valence-electron chi connectivity index (χ1n) is 4.69. The minimum atomic E-state index is -0.963. The maximum absolute atomic E-state index is 11.0. The van der Waals surface area contributed by atoms with Gasteiger partial charge >= 0.3 is 5.97 Å². The Kier molecular flexibility index (Phi) is 3.44. The summed E-state index contributed by atoms with van der Waals surface area (Å²) in [6.07, 6.45) is 5.49. The van der Waals surface area contributed by atoms with Crippen LogP contribution in [0.4, 0.5) is 0 Å². The molecule has 0 unspecified atom stereocenters. The molecule has 15 heavy (non-hydrogen) atoms. The lowest BCUT2D eigenvalue weighted by Crippen LogP contribution is -2.04. The molecule has 4 heteroatoms. The quantitative estimate of drug-likeness (QED) is 0.606. The van der Waals surface area contributed by atoms with Crippen molar-refractivity contribution in [3.05, 3.63) is 35.9 Å². The van der Waals surface area contributed by atoms with E-state index in [2.05, 4.69) is 11.6 Å². The molecule has 1 aromatic heterocycles. The molecule has 0 saturated carbocycles. The smallest absolute Gasteiger partial charge is 0.337 e. The molecule has 4 nitrogen and oxygen atoms in total. The summed E-state index contributed by atoms with van der Waals surface area (Å²) in [6, 6.07) is 0. The number of carbonyl (C=O) groups is 1. The summed E-state index contributed by atoms with van der Waals surface area (Å²) in [4.78, 5) is 15.0. The number of nitrogens with zero attached hydrogens (tertiary/aromatic N) is 2. The number of aliphatic carboxylic acids is 1. The van der Waals surface area contributed by atoms with Crippen molar-refractivity contribution in [3.63, 3.8) is 0 Å². The van der Waals surface area contributed by atoms with Crippen LogP contribution in [0.2, 0.25) is 0 Å². The molecule has 0 saturated heterocycles. The number of aromatic nitrogens is 2. The molecule has 0 spiro atoms. The number of rotatable bonds is 4. The minimum Gasteiger partial charge on any atom is -0.478 e. The van der Waals surface area contributed by atoms with E-state index in [-0.39, 0.29) is 5.57 Å². The number of imidazole rings is 1. The fraction of sp³-hybridized carbons (Fsp3) is 0.273. The van der Waals surface area contributed by atoms with Crippen molar-refractivity contribution in [1.29, 1.82) is 0 Å². The topological polar surface area (TPSA) is 55.1 Å². The third-order valence-corrected chi connectivity index (χ3v) is 2.17. The number of hydrogen-bond acceptors (Lipinski definition) is 2. The standard InChI is InChI=1S/C11H14N2O2/c1-4-8(2)10(11(14)15)7-13-6-5-12-9(13)3/h5-7H,2,4H2,1,3H3,(H,14,15). The maximum Gasteiger partial charge on any atom is 0.337 e. The third-order valence-electron chi connectivity index (χ3n) is 2.17. The second-order valence-corrected chi connectivity index (χ2v) is 3.19. The third kappa shape index (κ3) is 2.56. The van der Waals surface area contributed by atoms with E-state index in [1.165, 1.54) is 6.20 Å². The van der Waals surface area contributed by atoms with Gasteiger partial charge in [-0.15, -0.1) is 0 Å². The molecule has 0 amide bonds. The average molecular weight is 206 g/mol. The normalized spacial score (nSPS) is 11.5. The van der Waals surface area contributed by atoms with Crippen LogP contribution in [0.1, 0.15) is 19.2 Å². The Balaban J connectivity index is 3.10. The molecule has 1 heterocycles. The van der Waals surface area contributed by atoms with Gasteiger partial charge in [-0.1, -0.05) is 13.5 Å². The van der Waals surface area contributed by atoms with Gasteiger partial charge < -0.3 is 9.67 Å². The van der Waals surface area contributed by atoms with Crippen LogP contribution in [-0.2, 0) is 4.79 Å². The Morgan fingerprint density at radius 1 is 1.73 bits per heavy atom. The molecule has 0 aromatic carbocycles. The second kappa shape index (κ2) is 4.59. The van der Waals surface area contributed by atoms with Crippen molar-refractivity contribution in [2.75, 3.05) is 0 Å². The van der Waals surface area contributed by atoms with Crippen LogP contribution < -0.4 is 0 Å². The van der Waals surface area contributed by atoms with Gasteiger partial charge in [0.15, 0.2) is 0 Å². The largest absolute Gasteiger partial charge is 0.478 e. The van der Waals surface area contributed by atoms with Crippen LogP contribution in [0.15, 0.2) is 30.1 Å². The van der Waals surface area contributed by atoms with Crippen molar-refractivity contribution in [1.82, 2.24) is 9.55 Å². The van der Waals surface area contributed by atoms with Gasteiger partial charge in [0.2, 0.25) is 0 Å². The molecule has 0 aliphatic heterocycles. The lowest BCUT2D eigenvalue weighted by molar-refractivity contribution is -0.132. The van der Waals surface area contributed by atoms with E-state index in [1.807, 2.05) is 13.8 Å². The zero-order valence-corrected chi connectivity index (χ0v) is 8.90. The highest BCUT2D eigenvalue weighted by Crippen LogP contribution is 2.13. The summed E-state index contributed by atoms with van der Waals surface area (Å²) in [5.41, 5.74) is 0.828. The van der Waals surface area contributed by atoms with Crippen LogP contribution in [-0.4, -0.2) is 20.6 Å². The molecule has 1 N–H and O–H groups in total. The minimum absolute atomic E-state index is 0.221. The number of hydrogen-bond donors (Lipinski definition) is 1. The Morgan fingerprint density at radius 2 is 2.40 bits per heavy atom.